The summed E-state index contributed by atoms with van der Waals surface area (Å²) in [5.41, 5.74) is 0. The zero-order valence-corrected chi connectivity index (χ0v) is 15.5. The summed E-state index contributed by atoms with van der Waals surface area (Å²) in [7, 11) is -7.57. The molecule has 0 saturated heterocycles. The Morgan fingerprint density at radius 3 is 1.11 bits per heavy atom. The third-order valence-electron chi connectivity index (χ3n) is 3.47. The van der Waals surface area contributed by atoms with Crippen molar-refractivity contribution in [2.24, 2.45) is 0 Å². The maximum Gasteiger partial charge on any atom is 0.473 e. The second-order valence-electron chi connectivity index (χ2n) is 5.84. The highest BCUT2D eigenvalue weighted by Crippen LogP contribution is 2.62. The van der Waals surface area contributed by atoms with Gasteiger partial charge in [-0.05, 0) is 0 Å². The number of carbonyl (C=O) groups is 1. The average molecular weight is 594 g/mol. The molecule has 0 heterocycles. The molecule has 0 amide bonds. The molecule has 0 aromatic rings. The second kappa shape index (κ2) is 8.03. The SMILES string of the molecule is O=C(OC(F)(F)C(F)(F)C(F)(F)C(F)(F)C(F)(F)C(F)(F)C(F)(F)F)C(F)(F)C(F)(F)S(=O)(=O)O. The van der Waals surface area contributed by atoms with E-state index in [1.807, 2.05) is 0 Å². The molecule has 0 fully saturated rings. The van der Waals surface area contributed by atoms with Crippen LogP contribution in [-0.4, -0.2) is 72.0 Å². The van der Waals surface area contributed by atoms with Crippen molar-refractivity contribution < 1.29 is 106 Å². The third-order valence-corrected chi connectivity index (χ3v) is 4.37. The minimum absolute atomic E-state index is 1.40. The fourth-order valence-electron chi connectivity index (χ4n) is 1.48. The summed E-state index contributed by atoms with van der Waals surface area (Å²) in [5.74, 6) is -56.2. The normalized spacial score (nSPS) is 16.3. The molecule has 0 aromatic heterocycles. The summed E-state index contributed by atoms with van der Waals surface area (Å²) in [4.78, 5) is 10.6. The molecule has 0 aromatic carbocycles. The Hall–Kier alpha value is -1.95. The molecule has 0 unspecified atom stereocenters. The van der Waals surface area contributed by atoms with Crippen LogP contribution in [0.5, 0.6) is 0 Å². The second-order valence-corrected chi connectivity index (χ2v) is 7.31. The van der Waals surface area contributed by atoms with Gasteiger partial charge in [-0.3, -0.25) is 4.55 Å². The maximum absolute atomic E-state index is 13.3. The summed E-state index contributed by atoms with van der Waals surface area (Å²) in [6.45, 7) is 0. The van der Waals surface area contributed by atoms with Gasteiger partial charge >= 0.3 is 69.2 Å². The zero-order chi connectivity index (χ0) is 29.3. The van der Waals surface area contributed by atoms with E-state index >= 15 is 0 Å². The van der Waals surface area contributed by atoms with Crippen LogP contribution < -0.4 is 0 Å². The van der Waals surface area contributed by atoms with Crippen LogP contribution in [0.25, 0.3) is 0 Å². The van der Waals surface area contributed by atoms with Crippen molar-refractivity contribution in [2.45, 2.75) is 53.1 Å². The van der Waals surface area contributed by atoms with Gasteiger partial charge in [0, 0.05) is 0 Å². The van der Waals surface area contributed by atoms with Crippen LogP contribution in [0.1, 0.15) is 0 Å². The molecular formula is C10HF19O5S. The highest BCUT2D eigenvalue weighted by Gasteiger charge is 2.94. The van der Waals surface area contributed by atoms with Crippen molar-refractivity contribution in [2.75, 3.05) is 0 Å². The van der Waals surface area contributed by atoms with E-state index in [2.05, 4.69) is 0 Å². The monoisotopic (exact) mass is 594 g/mol. The number of carbonyl (C=O) groups excluding carboxylic acids is 1. The van der Waals surface area contributed by atoms with Crippen molar-refractivity contribution in [3.05, 3.63) is 0 Å². The van der Waals surface area contributed by atoms with Crippen LogP contribution in [0.3, 0.4) is 0 Å². The molecule has 5 nitrogen and oxygen atoms in total. The van der Waals surface area contributed by atoms with Gasteiger partial charge in [0.25, 0.3) is 0 Å². The Bertz CT molecular complexity index is 932. The first-order chi connectivity index (χ1) is 14.6. The lowest BCUT2D eigenvalue weighted by Gasteiger charge is -2.41. The Labute approximate surface area is 176 Å². The van der Waals surface area contributed by atoms with Crippen molar-refractivity contribution in [3.8, 4) is 0 Å². The lowest BCUT2D eigenvalue weighted by atomic mass is 9.93. The first-order valence-electron chi connectivity index (χ1n) is 6.92. The first-order valence-corrected chi connectivity index (χ1v) is 8.36. The van der Waals surface area contributed by atoms with E-state index in [1.165, 1.54) is 4.74 Å². The Morgan fingerprint density at radius 1 is 0.543 bits per heavy atom. The molecule has 0 saturated carbocycles. The molecule has 0 aliphatic carbocycles. The average Bonchev–Trinajstić information content (AvgIpc) is 2.58. The number of hydrogen-bond donors (Lipinski definition) is 1. The number of esters is 1. The van der Waals surface area contributed by atoms with E-state index in [4.69, 9.17) is 4.55 Å². The van der Waals surface area contributed by atoms with Gasteiger partial charge in [-0.15, -0.1) is 0 Å². The molecule has 210 valence electrons. The molecule has 0 aliphatic rings. The van der Waals surface area contributed by atoms with Crippen LogP contribution in [0, 0.1) is 0 Å². The Kier molecular flexibility index (Phi) is 7.58. The Balaban J connectivity index is 6.66. The van der Waals surface area contributed by atoms with Crippen LogP contribution in [0.2, 0.25) is 0 Å². The fraction of sp³-hybridized carbons (Fsp3) is 0.900. The predicted octanol–water partition coefficient (Wildman–Crippen LogP) is 4.98. The van der Waals surface area contributed by atoms with Gasteiger partial charge in [0.05, 0.1) is 0 Å². The van der Waals surface area contributed by atoms with Gasteiger partial charge in [-0.1, -0.05) is 0 Å². The minimum Gasteiger partial charge on any atom is -0.391 e. The highest BCUT2D eigenvalue weighted by atomic mass is 32.2. The quantitative estimate of drug-likeness (QED) is 0.232. The van der Waals surface area contributed by atoms with E-state index in [1.54, 1.807) is 0 Å². The number of ether oxygens (including phenoxy) is 1. The van der Waals surface area contributed by atoms with Crippen LogP contribution >= 0.6 is 0 Å². The molecule has 0 rings (SSSR count). The number of halogens is 19. The summed E-state index contributed by atoms with van der Waals surface area (Å²) in [6, 6.07) is 0. The van der Waals surface area contributed by atoms with Crippen LogP contribution in [-0.2, 0) is 19.6 Å². The lowest BCUT2D eigenvalue weighted by molar-refractivity contribution is -0.468. The largest absolute Gasteiger partial charge is 0.473 e. The molecular weight excluding hydrogens is 593 g/mol. The fourth-order valence-corrected chi connectivity index (χ4v) is 1.88. The molecule has 0 spiro atoms. The summed E-state index contributed by atoms with van der Waals surface area (Å²) in [6.07, 6.45) is -16.1. The van der Waals surface area contributed by atoms with E-state index in [9.17, 15) is 96.6 Å². The minimum atomic E-state index is -8.92. The lowest BCUT2D eigenvalue weighted by Crippen LogP contribution is -2.73. The standard InChI is InChI=1S/C10HF19O5S/c11-2(12,10(28,29)35(31,32)33)1(30)34-9(26,27)7(21,22)5(17,18)3(13,14)4(15,16)6(19,20)8(23,24)25/h(H,31,32,33). The third kappa shape index (κ3) is 4.41. The molecule has 0 radical (unpaired) electrons. The van der Waals surface area contributed by atoms with Gasteiger partial charge in [-0.25, -0.2) is 4.79 Å². The van der Waals surface area contributed by atoms with Crippen molar-refractivity contribution in [1.29, 1.82) is 0 Å². The van der Waals surface area contributed by atoms with Crippen molar-refractivity contribution >= 4 is 16.1 Å². The predicted molar refractivity (Wildman–Crippen MR) is 63.3 cm³/mol. The van der Waals surface area contributed by atoms with E-state index in [0.717, 1.165) is 0 Å². The first kappa shape index (κ1) is 33.0. The summed E-state index contributed by atoms with van der Waals surface area (Å²) >= 11 is 0. The number of rotatable bonds is 9. The highest BCUT2D eigenvalue weighted by molar-refractivity contribution is 7.87. The summed E-state index contributed by atoms with van der Waals surface area (Å²) < 4.78 is 273. The van der Waals surface area contributed by atoms with Crippen LogP contribution in [0.15, 0.2) is 0 Å². The van der Waals surface area contributed by atoms with Gasteiger partial charge < -0.3 is 4.74 Å². The number of hydrogen-bond acceptors (Lipinski definition) is 4. The molecule has 0 atom stereocenters. The summed E-state index contributed by atoms with van der Waals surface area (Å²) in [5, 5.41) is -7.31. The molecule has 35 heavy (non-hydrogen) atoms. The number of alkyl halides is 19. The maximum atomic E-state index is 13.3. The van der Waals surface area contributed by atoms with Crippen molar-refractivity contribution in [3.63, 3.8) is 0 Å². The van der Waals surface area contributed by atoms with E-state index in [-0.39, 0.29) is 0 Å². The van der Waals surface area contributed by atoms with Crippen molar-refractivity contribution in [1.82, 2.24) is 0 Å². The van der Waals surface area contributed by atoms with Gasteiger partial charge in [0.1, 0.15) is 0 Å². The van der Waals surface area contributed by atoms with E-state index in [0.29, 0.717) is 0 Å². The molecule has 0 aliphatic heterocycles. The van der Waals surface area contributed by atoms with Gasteiger partial charge in [0.15, 0.2) is 0 Å². The molecule has 0 bridgehead atoms. The van der Waals surface area contributed by atoms with Crippen LogP contribution in [0.4, 0.5) is 83.4 Å². The molecule has 1 N–H and O–H groups in total. The van der Waals surface area contributed by atoms with E-state index < -0.39 is 69.2 Å². The Morgan fingerprint density at radius 2 is 0.829 bits per heavy atom. The smallest absolute Gasteiger partial charge is 0.391 e. The topological polar surface area (TPSA) is 80.7 Å². The van der Waals surface area contributed by atoms with Gasteiger partial charge in [-0.2, -0.15) is 91.8 Å². The zero-order valence-electron chi connectivity index (χ0n) is 14.7. The van der Waals surface area contributed by atoms with Gasteiger partial charge in [0.2, 0.25) is 0 Å². The molecule has 25 heteroatoms.